The highest BCUT2D eigenvalue weighted by molar-refractivity contribution is 5.93. The lowest BCUT2D eigenvalue weighted by Gasteiger charge is -2.09. The summed E-state index contributed by atoms with van der Waals surface area (Å²) in [6.07, 6.45) is 3.07. The summed E-state index contributed by atoms with van der Waals surface area (Å²) < 4.78 is 3.72. The van der Waals surface area contributed by atoms with Gasteiger partial charge in [0.25, 0.3) is 5.91 Å². The van der Waals surface area contributed by atoms with Gasteiger partial charge in [-0.05, 0) is 75.1 Å². The summed E-state index contributed by atoms with van der Waals surface area (Å²) in [5, 5.41) is 12.3. The van der Waals surface area contributed by atoms with Crippen LogP contribution < -0.4 is 5.32 Å². The second-order valence-corrected chi connectivity index (χ2v) is 8.49. The van der Waals surface area contributed by atoms with Crippen molar-refractivity contribution in [2.75, 3.05) is 6.54 Å². The molecule has 1 saturated carbocycles. The molecule has 0 bridgehead atoms. The standard InChI is InChI=1S/C26H27N5O/c1-18-16-19(2)30(28-18)23-12-8-20(9-13-23)14-15-27-26(32)25-17-24(21-10-11-21)29-31(25)22-6-4-3-5-7-22/h3-9,12-13,16-17,21H,10-11,14-15H2,1-2H3,(H,27,32). The van der Waals surface area contributed by atoms with E-state index in [2.05, 4.69) is 47.7 Å². The summed E-state index contributed by atoms with van der Waals surface area (Å²) in [6.45, 7) is 4.62. The van der Waals surface area contributed by atoms with Gasteiger partial charge in [-0.3, -0.25) is 4.79 Å². The molecule has 5 rings (SSSR count). The van der Waals surface area contributed by atoms with E-state index in [1.54, 1.807) is 4.68 Å². The normalized spacial score (nSPS) is 13.3. The van der Waals surface area contributed by atoms with Crippen LogP contribution in [0.5, 0.6) is 0 Å². The average Bonchev–Trinajstić information content (AvgIpc) is 3.47. The molecule has 1 aliphatic carbocycles. The molecular formula is C26H27N5O. The maximum absolute atomic E-state index is 13.0. The van der Waals surface area contributed by atoms with Crippen molar-refractivity contribution in [1.82, 2.24) is 24.9 Å². The van der Waals surface area contributed by atoms with Gasteiger partial charge in [0.05, 0.1) is 22.8 Å². The van der Waals surface area contributed by atoms with Crippen LogP contribution in [0.2, 0.25) is 0 Å². The molecule has 32 heavy (non-hydrogen) atoms. The Hall–Kier alpha value is -3.67. The number of hydrogen-bond acceptors (Lipinski definition) is 3. The van der Waals surface area contributed by atoms with Gasteiger partial charge in [-0.1, -0.05) is 30.3 Å². The van der Waals surface area contributed by atoms with E-state index in [9.17, 15) is 4.79 Å². The van der Waals surface area contributed by atoms with Crippen molar-refractivity contribution in [3.8, 4) is 11.4 Å². The Morgan fingerprint density at radius 3 is 2.31 bits per heavy atom. The van der Waals surface area contributed by atoms with Crippen LogP contribution in [0.25, 0.3) is 11.4 Å². The average molecular weight is 426 g/mol. The number of nitrogens with one attached hydrogen (secondary N) is 1. The minimum atomic E-state index is -0.0903. The Morgan fingerprint density at radius 2 is 1.66 bits per heavy atom. The molecule has 0 atom stereocenters. The van der Waals surface area contributed by atoms with E-state index in [4.69, 9.17) is 5.10 Å². The fourth-order valence-corrected chi connectivity index (χ4v) is 4.01. The molecule has 2 aromatic carbocycles. The van der Waals surface area contributed by atoms with Crippen molar-refractivity contribution >= 4 is 5.91 Å². The lowest BCUT2D eigenvalue weighted by Crippen LogP contribution is -2.27. The van der Waals surface area contributed by atoms with Crippen molar-refractivity contribution in [1.29, 1.82) is 0 Å². The van der Waals surface area contributed by atoms with Gasteiger partial charge in [-0.2, -0.15) is 10.2 Å². The number of aromatic nitrogens is 4. The van der Waals surface area contributed by atoms with Crippen LogP contribution in [0.3, 0.4) is 0 Å². The first-order chi connectivity index (χ1) is 15.6. The molecule has 0 spiro atoms. The van der Waals surface area contributed by atoms with Gasteiger partial charge in [-0.15, -0.1) is 0 Å². The van der Waals surface area contributed by atoms with E-state index in [1.165, 1.54) is 5.56 Å². The van der Waals surface area contributed by atoms with Crippen LogP contribution in [0.4, 0.5) is 0 Å². The minimum absolute atomic E-state index is 0.0903. The Kier molecular flexibility index (Phi) is 5.35. The summed E-state index contributed by atoms with van der Waals surface area (Å²) in [5.74, 6) is 0.403. The first kappa shape index (κ1) is 20.2. The number of amides is 1. The zero-order valence-electron chi connectivity index (χ0n) is 18.5. The molecular weight excluding hydrogens is 398 g/mol. The predicted octanol–water partition coefficient (Wildman–Crippen LogP) is 4.52. The number of nitrogens with zero attached hydrogens (tertiary/aromatic N) is 4. The molecule has 2 aromatic heterocycles. The summed E-state index contributed by atoms with van der Waals surface area (Å²) in [7, 11) is 0. The third-order valence-electron chi connectivity index (χ3n) is 5.85. The van der Waals surface area contributed by atoms with Gasteiger partial charge in [0.1, 0.15) is 5.69 Å². The zero-order chi connectivity index (χ0) is 22.1. The van der Waals surface area contributed by atoms with Gasteiger partial charge < -0.3 is 5.32 Å². The maximum Gasteiger partial charge on any atom is 0.270 e. The van der Waals surface area contributed by atoms with Crippen LogP contribution in [-0.2, 0) is 6.42 Å². The Labute approximate surface area is 187 Å². The molecule has 162 valence electrons. The first-order valence-corrected chi connectivity index (χ1v) is 11.1. The summed E-state index contributed by atoms with van der Waals surface area (Å²) >= 11 is 0. The second kappa shape index (κ2) is 8.46. The van der Waals surface area contributed by atoms with Crippen LogP contribution in [0.15, 0.2) is 66.7 Å². The number of para-hydroxylation sites is 1. The molecule has 6 heteroatoms. The minimum Gasteiger partial charge on any atom is -0.350 e. The van der Waals surface area contributed by atoms with Crippen LogP contribution >= 0.6 is 0 Å². The molecule has 4 aromatic rings. The topological polar surface area (TPSA) is 64.7 Å². The first-order valence-electron chi connectivity index (χ1n) is 11.1. The number of benzene rings is 2. The van der Waals surface area contributed by atoms with Crippen molar-refractivity contribution in [2.45, 2.75) is 39.0 Å². The van der Waals surface area contributed by atoms with E-state index < -0.39 is 0 Å². The van der Waals surface area contributed by atoms with E-state index in [1.807, 2.05) is 48.0 Å². The van der Waals surface area contributed by atoms with Crippen LogP contribution in [0.1, 0.15) is 51.9 Å². The highest BCUT2D eigenvalue weighted by Gasteiger charge is 2.29. The van der Waals surface area contributed by atoms with Crippen molar-refractivity contribution in [3.05, 3.63) is 95.1 Å². The summed E-state index contributed by atoms with van der Waals surface area (Å²) in [6, 6.07) is 22.2. The quantitative estimate of drug-likeness (QED) is 0.473. The smallest absolute Gasteiger partial charge is 0.270 e. The largest absolute Gasteiger partial charge is 0.350 e. The third kappa shape index (κ3) is 4.21. The molecule has 0 saturated heterocycles. The van der Waals surface area contributed by atoms with Crippen molar-refractivity contribution in [2.24, 2.45) is 0 Å². The highest BCUT2D eigenvalue weighted by Crippen LogP contribution is 2.39. The molecule has 1 aliphatic rings. The summed E-state index contributed by atoms with van der Waals surface area (Å²) in [4.78, 5) is 13.0. The lowest BCUT2D eigenvalue weighted by molar-refractivity contribution is 0.0946. The molecule has 1 fully saturated rings. The molecule has 0 unspecified atom stereocenters. The van der Waals surface area contributed by atoms with E-state index in [-0.39, 0.29) is 5.91 Å². The Bertz CT molecular complexity index is 1230. The fraction of sp³-hybridized carbons (Fsp3) is 0.269. The van der Waals surface area contributed by atoms with Gasteiger partial charge in [0.2, 0.25) is 0 Å². The summed E-state index contributed by atoms with van der Waals surface area (Å²) in [5.41, 5.74) is 6.85. The van der Waals surface area contributed by atoms with Crippen molar-refractivity contribution < 1.29 is 4.79 Å². The van der Waals surface area contributed by atoms with Gasteiger partial charge >= 0.3 is 0 Å². The van der Waals surface area contributed by atoms with Crippen LogP contribution in [-0.4, -0.2) is 32.0 Å². The molecule has 6 nitrogen and oxygen atoms in total. The SMILES string of the molecule is Cc1cc(C)n(-c2ccc(CCNC(=O)c3cc(C4CC4)nn3-c3ccccc3)cc2)n1. The number of carbonyl (C=O) groups excluding carboxylic acids is 1. The van der Waals surface area contributed by atoms with E-state index >= 15 is 0 Å². The van der Waals surface area contributed by atoms with E-state index in [0.29, 0.717) is 18.2 Å². The second-order valence-electron chi connectivity index (χ2n) is 8.49. The molecule has 1 N–H and O–H groups in total. The van der Waals surface area contributed by atoms with Gasteiger partial charge in [0.15, 0.2) is 0 Å². The predicted molar refractivity (Wildman–Crippen MR) is 125 cm³/mol. The highest BCUT2D eigenvalue weighted by atomic mass is 16.2. The van der Waals surface area contributed by atoms with Gasteiger partial charge in [0, 0.05) is 18.2 Å². The number of carbonyl (C=O) groups is 1. The fourth-order valence-electron chi connectivity index (χ4n) is 4.01. The maximum atomic E-state index is 13.0. The van der Waals surface area contributed by atoms with Gasteiger partial charge in [-0.25, -0.2) is 9.36 Å². The zero-order valence-corrected chi connectivity index (χ0v) is 18.5. The molecule has 0 radical (unpaired) electrons. The number of aryl methyl sites for hydroxylation is 2. The Morgan fingerprint density at radius 1 is 0.938 bits per heavy atom. The number of rotatable bonds is 7. The molecule has 2 heterocycles. The Balaban J connectivity index is 1.25. The molecule has 1 amide bonds. The van der Waals surface area contributed by atoms with E-state index in [0.717, 1.165) is 47.7 Å². The lowest BCUT2D eigenvalue weighted by atomic mass is 10.1. The molecule has 0 aliphatic heterocycles. The number of hydrogen-bond donors (Lipinski definition) is 1. The third-order valence-corrected chi connectivity index (χ3v) is 5.85. The monoisotopic (exact) mass is 425 g/mol. The van der Waals surface area contributed by atoms with Crippen LogP contribution in [0, 0.1) is 13.8 Å². The van der Waals surface area contributed by atoms with Crippen molar-refractivity contribution in [3.63, 3.8) is 0 Å².